The molecule has 9 heteroatoms. The lowest BCUT2D eigenvalue weighted by Crippen LogP contribution is -2.50. The van der Waals surface area contributed by atoms with E-state index in [1.807, 2.05) is 0 Å². The average Bonchev–Trinajstić information content (AvgIpc) is 2.72. The maximum atomic E-state index is 12.4. The minimum absolute atomic E-state index is 0.0472. The van der Waals surface area contributed by atoms with Crippen LogP contribution < -0.4 is 15.4 Å². The van der Waals surface area contributed by atoms with Gasteiger partial charge < -0.3 is 20.3 Å². The Hall–Kier alpha value is -3.62. The number of carbonyl (C=O) groups is 2. The van der Waals surface area contributed by atoms with Crippen LogP contribution in [-0.2, 0) is 4.79 Å². The van der Waals surface area contributed by atoms with Crippen LogP contribution in [0.5, 0.6) is 5.75 Å². The maximum Gasteiger partial charge on any atom is 0.269 e. The van der Waals surface area contributed by atoms with Crippen molar-refractivity contribution in [1.29, 1.82) is 0 Å². The number of nitrogens with two attached hydrogens (primary N) is 1. The highest BCUT2D eigenvalue weighted by Gasteiger charge is 2.22. The molecule has 1 heterocycles. The molecule has 1 fully saturated rings. The summed E-state index contributed by atoms with van der Waals surface area (Å²) in [4.78, 5) is 37.9. The van der Waals surface area contributed by atoms with Crippen LogP contribution in [0.2, 0.25) is 0 Å². The van der Waals surface area contributed by atoms with Gasteiger partial charge in [-0.1, -0.05) is 12.1 Å². The molecule has 3 rings (SSSR count). The summed E-state index contributed by atoms with van der Waals surface area (Å²) in [5.74, 6) is -0.504. The molecule has 146 valence electrons. The number of carbonyl (C=O) groups excluding carboxylic acids is 2. The molecule has 2 amide bonds. The molecule has 0 atom stereocenters. The van der Waals surface area contributed by atoms with Crippen molar-refractivity contribution in [2.45, 2.75) is 0 Å². The summed E-state index contributed by atoms with van der Waals surface area (Å²) in [6.07, 6.45) is 0. The van der Waals surface area contributed by atoms with Crippen LogP contribution in [0.4, 0.5) is 11.4 Å². The van der Waals surface area contributed by atoms with Crippen molar-refractivity contribution >= 4 is 23.2 Å². The molecule has 0 aromatic heterocycles. The summed E-state index contributed by atoms with van der Waals surface area (Å²) < 4.78 is 5.49. The molecule has 0 aliphatic carbocycles. The lowest BCUT2D eigenvalue weighted by molar-refractivity contribution is -0.384. The summed E-state index contributed by atoms with van der Waals surface area (Å²) in [5.41, 5.74) is 6.46. The number of benzene rings is 2. The molecule has 2 N–H and O–H groups in total. The number of rotatable bonds is 6. The van der Waals surface area contributed by atoms with Crippen LogP contribution in [0.15, 0.2) is 48.5 Å². The van der Waals surface area contributed by atoms with Gasteiger partial charge in [-0.2, -0.15) is 0 Å². The number of amides is 2. The smallest absolute Gasteiger partial charge is 0.269 e. The first kappa shape index (κ1) is 19.2. The van der Waals surface area contributed by atoms with Crippen LogP contribution in [0.25, 0.3) is 0 Å². The second kappa shape index (κ2) is 8.38. The Balaban J connectivity index is 1.53. The van der Waals surface area contributed by atoms with E-state index in [-0.39, 0.29) is 29.5 Å². The molecular weight excluding hydrogens is 364 g/mol. The number of nitro benzene ring substituents is 1. The summed E-state index contributed by atoms with van der Waals surface area (Å²) >= 11 is 0. The number of nitro groups is 1. The molecule has 0 bridgehead atoms. The quantitative estimate of drug-likeness (QED) is 0.594. The third kappa shape index (κ3) is 4.37. The van der Waals surface area contributed by atoms with E-state index in [2.05, 4.69) is 4.90 Å². The van der Waals surface area contributed by atoms with E-state index in [1.165, 1.54) is 12.1 Å². The predicted octanol–water partition coefficient (Wildman–Crippen LogP) is 1.42. The first-order valence-corrected chi connectivity index (χ1v) is 8.74. The zero-order valence-corrected chi connectivity index (χ0v) is 15.1. The number of anilines is 1. The number of para-hydroxylation sites is 1. The lowest BCUT2D eigenvalue weighted by atomic mass is 10.2. The summed E-state index contributed by atoms with van der Waals surface area (Å²) in [6, 6.07) is 12.9. The first-order valence-electron chi connectivity index (χ1n) is 8.74. The Morgan fingerprint density at radius 3 is 2.29 bits per heavy atom. The van der Waals surface area contributed by atoms with E-state index in [0.717, 1.165) is 5.69 Å². The van der Waals surface area contributed by atoms with E-state index >= 15 is 0 Å². The fourth-order valence-corrected chi connectivity index (χ4v) is 3.03. The van der Waals surface area contributed by atoms with Gasteiger partial charge in [-0.15, -0.1) is 0 Å². The molecule has 1 aliphatic heterocycles. The normalized spacial score (nSPS) is 13.9. The summed E-state index contributed by atoms with van der Waals surface area (Å²) in [7, 11) is 0. The molecule has 1 saturated heterocycles. The molecule has 2 aromatic carbocycles. The van der Waals surface area contributed by atoms with E-state index in [4.69, 9.17) is 10.5 Å². The fourth-order valence-electron chi connectivity index (χ4n) is 3.03. The van der Waals surface area contributed by atoms with Crippen molar-refractivity contribution < 1.29 is 19.2 Å². The molecule has 0 radical (unpaired) electrons. The minimum atomic E-state index is -0.611. The van der Waals surface area contributed by atoms with Gasteiger partial charge in [-0.3, -0.25) is 19.7 Å². The van der Waals surface area contributed by atoms with E-state index in [9.17, 15) is 19.7 Å². The Morgan fingerprint density at radius 1 is 1.04 bits per heavy atom. The van der Waals surface area contributed by atoms with Crippen molar-refractivity contribution in [2.75, 3.05) is 37.7 Å². The Morgan fingerprint density at radius 2 is 1.68 bits per heavy atom. The van der Waals surface area contributed by atoms with E-state index in [1.54, 1.807) is 41.3 Å². The van der Waals surface area contributed by atoms with Gasteiger partial charge in [0.1, 0.15) is 5.75 Å². The predicted molar refractivity (Wildman–Crippen MR) is 102 cm³/mol. The van der Waals surface area contributed by atoms with Gasteiger partial charge in [0.2, 0.25) is 0 Å². The second-order valence-electron chi connectivity index (χ2n) is 6.29. The van der Waals surface area contributed by atoms with Crippen LogP contribution in [0.1, 0.15) is 10.4 Å². The van der Waals surface area contributed by atoms with Crippen molar-refractivity contribution in [3.8, 4) is 5.75 Å². The van der Waals surface area contributed by atoms with Crippen LogP contribution in [0, 0.1) is 10.1 Å². The number of hydrogen-bond donors (Lipinski definition) is 1. The van der Waals surface area contributed by atoms with Gasteiger partial charge in [0.05, 0.1) is 10.5 Å². The monoisotopic (exact) mass is 384 g/mol. The van der Waals surface area contributed by atoms with Gasteiger partial charge >= 0.3 is 0 Å². The van der Waals surface area contributed by atoms with E-state index < -0.39 is 10.8 Å². The van der Waals surface area contributed by atoms with Crippen molar-refractivity contribution in [2.24, 2.45) is 5.73 Å². The second-order valence-corrected chi connectivity index (χ2v) is 6.29. The number of ether oxygens (including phenoxy) is 1. The number of non-ortho nitro benzene ring substituents is 1. The Kier molecular flexibility index (Phi) is 5.73. The molecule has 0 spiro atoms. The highest BCUT2D eigenvalue weighted by molar-refractivity contribution is 5.95. The van der Waals surface area contributed by atoms with Gasteiger partial charge in [0.15, 0.2) is 6.61 Å². The summed E-state index contributed by atoms with van der Waals surface area (Å²) in [6.45, 7) is 2.07. The molecule has 28 heavy (non-hydrogen) atoms. The number of primary amides is 1. The average molecular weight is 384 g/mol. The molecule has 1 aliphatic rings. The standard InChI is InChI=1S/C19H20N4O5/c20-19(25)16-3-1-2-4-17(16)28-13-18(24)22-11-9-21(10-12-22)14-5-7-15(8-6-14)23(26)27/h1-8H,9-13H2,(H2,20,25). The van der Waals surface area contributed by atoms with Crippen molar-refractivity contribution in [3.63, 3.8) is 0 Å². The van der Waals surface area contributed by atoms with Gasteiger partial charge in [-0.25, -0.2) is 0 Å². The van der Waals surface area contributed by atoms with Gasteiger partial charge in [0, 0.05) is 44.0 Å². The fraction of sp³-hybridized carbons (Fsp3) is 0.263. The number of piperazine rings is 1. The SMILES string of the molecule is NC(=O)c1ccccc1OCC(=O)N1CCN(c2ccc([N+](=O)[O-])cc2)CC1. The van der Waals surface area contributed by atoms with Gasteiger partial charge in [0.25, 0.3) is 17.5 Å². The molecular formula is C19H20N4O5. The maximum absolute atomic E-state index is 12.4. The lowest BCUT2D eigenvalue weighted by Gasteiger charge is -2.36. The number of hydrogen-bond acceptors (Lipinski definition) is 6. The van der Waals surface area contributed by atoms with Gasteiger partial charge in [-0.05, 0) is 24.3 Å². The highest BCUT2D eigenvalue weighted by Crippen LogP contribution is 2.21. The zero-order chi connectivity index (χ0) is 20.1. The van der Waals surface area contributed by atoms with E-state index in [0.29, 0.717) is 26.2 Å². The van der Waals surface area contributed by atoms with Crippen LogP contribution in [0.3, 0.4) is 0 Å². The van der Waals surface area contributed by atoms with Crippen molar-refractivity contribution in [1.82, 2.24) is 4.90 Å². The number of nitrogens with zero attached hydrogens (tertiary/aromatic N) is 3. The molecule has 0 saturated carbocycles. The van der Waals surface area contributed by atoms with Crippen LogP contribution >= 0.6 is 0 Å². The Bertz CT molecular complexity index is 876. The topological polar surface area (TPSA) is 119 Å². The van der Waals surface area contributed by atoms with Crippen molar-refractivity contribution in [3.05, 3.63) is 64.2 Å². The zero-order valence-electron chi connectivity index (χ0n) is 15.1. The Labute approximate surface area is 161 Å². The molecule has 0 unspecified atom stereocenters. The highest BCUT2D eigenvalue weighted by atomic mass is 16.6. The molecule has 2 aromatic rings. The third-order valence-electron chi connectivity index (χ3n) is 4.56. The minimum Gasteiger partial charge on any atom is -0.483 e. The van der Waals surface area contributed by atoms with Crippen LogP contribution in [-0.4, -0.2) is 54.4 Å². The molecule has 9 nitrogen and oxygen atoms in total. The summed E-state index contributed by atoms with van der Waals surface area (Å²) in [5, 5.41) is 10.7. The largest absolute Gasteiger partial charge is 0.483 e. The third-order valence-corrected chi connectivity index (χ3v) is 4.56. The first-order chi connectivity index (χ1) is 13.5.